The molecule has 0 amide bonds. The van der Waals surface area contributed by atoms with Crippen LogP contribution in [-0.4, -0.2) is 47.5 Å². The highest BCUT2D eigenvalue weighted by atomic mass is 32.3. The molecule has 0 bridgehead atoms. The lowest BCUT2D eigenvalue weighted by molar-refractivity contribution is -0.0489. The summed E-state index contributed by atoms with van der Waals surface area (Å²) in [6.45, 7) is 10.1. The molecule has 0 saturated heterocycles. The lowest BCUT2D eigenvalue weighted by Gasteiger charge is -2.38. The molecule has 198 valence electrons. The van der Waals surface area contributed by atoms with E-state index in [4.69, 9.17) is 9.16 Å². The summed E-state index contributed by atoms with van der Waals surface area (Å²) in [5.41, 5.74) is 0. The van der Waals surface area contributed by atoms with Gasteiger partial charge in [0.05, 0.1) is 28.1 Å². The van der Waals surface area contributed by atoms with Crippen LogP contribution >= 0.6 is 0 Å². The molecule has 3 atom stereocenters. The van der Waals surface area contributed by atoms with E-state index in [9.17, 15) is 16.8 Å². The minimum Gasteiger partial charge on any atom is -0.412 e. The van der Waals surface area contributed by atoms with E-state index in [1.54, 1.807) is 48.6 Å². The number of benzene rings is 2. The standard InChI is InChI=1S/C27H38O6S2Si/c1-6-23-14-13-20-27(34(28,29)24-15-9-7-10-16-24,35(30,31)25-17-11-8-12-18-25)21-19-26(22(2)32-23)33-36(3,4)5/h7-18,22-23,26H,6,19-21H2,1-5H3/b14-13+/t22-,23-,26+/m1/s1. The highest BCUT2D eigenvalue weighted by Crippen LogP contribution is 2.43. The van der Waals surface area contributed by atoms with Crippen LogP contribution in [0.2, 0.25) is 19.6 Å². The minimum absolute atomic E-state index is 0.00558. The molecule has 0 radical (unpaired) electrons. The fourth-order valence-electron chi connectivity index (χ4n) is 4.61. The fourth-order valence-corrected chi connectivity index (χ4v) is 10.9. The molecule has 36 heavy (non-hydrogen) atoms. The van der Waals surface area contributed by atoms with Gasteiger partial charge in [0.25, 0.3) is 0 Å². The van der Waals surface area contributed by atoms with E-state index in [1.165, 1.54) is 24.3 Å². The predicted octanol–water partition coefficient (Wildman–Crippen LogP) is 5.77. The second kappa shape index (κ2) is 11.3. The van der Waals surface area contributed by atoms with E-state index in [0.717, 1.165) is 0 Å². The second-order valence-corrected chi connectivity index (χ2v) is 19.5. The van der Waals surface area contributed by atoms with Crippen molar-refractivity contribution in [2.24, 2.45) is 0 Å². The van der Waals surface area contributed by atoms with Gasteiger partial charge in [0.2, 0.25) is 0 Å². The second-order valence-electron chi connectivity index (χ2n) is 10.3. The third kappa shape index (κ3) is 6.02. The van der Waals surface area contributed by atoms with Crippen LogP contribution < -0.4 is 0 Å². The molecule has 0 unspecified atom stereocenters. The molecule has 3 rings (SSSR count). The summed E-state index contributed by atoms with van der Waals surface area (Å²) in [7, 11) is -10.7. The molecule has 1 heterocycles. The summed E-state index contributed by atoms with van der Waals surface area (Å²) >= 11 is 0. The SMILES string of the molecule is CC[C@@H]1/C=C/CC(S(=O)(=O)c2ccccc2)(S(=O)(=O)c2ccccc2)CC[C@H](O[Si](C)(C)C)[C@@H](C)O1. The molecule has 6 nitrogen and oxygen atoms in total. The zero-order valence-electron chi connectivity index (χ0n) is 21.8. The van der Waals surface area contributed by atoms with Crippen LogP contribution in [0.3, 0.4) is 0 Å². The number of ether oxygens (including phenoxy) is 1. The molecule has 0 aliphatic carbocycles. The molecule has 0 N–H and O–H groups in total. The Bertz CT molecular complexity index is 1170. The zero-order valence-corrected chi connectivity index (χ0v) is 24.4. The summed E-state index contributed by atoms with van der Waals surface area (Å²) in [6.07, 6.45) is 3.01. The Morgan fingerprint density at radius 2 is 1.42 bits per heavy atom. The smallest absolute Gasteiger partial charge is 0.199 e. The number of rotatable bonds is 7. The molecule has 1 aliphatic rings. The van der Waals surface area contributed by atoms with Crippen molar-refractivity contribution in [2.75, 3.05) is 0 Å². The third-order valence-corrected chi connectivity index (χ3v) is 13.3. The van der Waals surface area contributed by atoms with Crippen LogP contribution in [0.4, 0.5) is 0 Å². The van der Waals surface area contributed by atoms with E-state index >= 15 is 0 Å². The zero-order chi connectivity index (χ0) is 26.6. The van der Waals surface area contributed by atoms with Crippen molar-refractivity contribution in [3.63, 3.8) is 0 Å². The van der Waals surface area contributed by atoms with E-state index in [0.29, 0.717) is 6.42 Å². The van der Waals surface area contributed by atoms with E-state index in [1.807, 2.05) is 13.8 Å². The summed E-state index contributed by atoms with van der Waals surface area (Å²) < 4.78 is 68.0. The van der Waals surface area contributed by atoms with Crippen molar-refractivity contribution in [3.05, 3.63) is 72.8 Å². The topological polar surface area (TPSA) is 86.7 Å². The van der Waals surface area contributed by atoms with Crippen molar-refractivity contribution < 1.29 is 26.0 Å². The molecule has 2 aromatic rings. The Labute approximate surface area is 217 Å². The van der Waals surface area contributed by atoms with Crippen LogP contribution in [0, 0.1) is 0 Å². The van der Waals surface area contributed by atoms with Gasteiger partial charge in [-0.1, -0.05) is 55.5 Å². The maximum Gasteiger partial charge on any atom is 0.199 e. The first-order valence-electron chi connectivity index (χ1n) is 12.4. The lowest BCUT2D eigenvalue weighted by atomic mass is 10.0. The average Bonchev–Trinajstić information content (AvgIpc) is 2.84. The van der Waals surface area contributed by atoms with Gasteiger partial charge < -0.3 is 9.16 Å². The number of hydrogen-bond acceptors (Lipinski definition) is 6. The van der Waals surface area contributed by atoms with Crippen molar-refractivity contribution in [3.8, 4) is 0 Å². The highest BCUT2D eigenvalue weighted by Gasteiger charge is 2.55. The minimum atomic E-state index is -4.33. The lowest BCUT2D eigenvalue weighted by Crippen LogP contribution is -2.49. The molecule has 9 heteroatoms. The molecule has 1 aliphatic heterocycles. The average molecular weight is 551 g/mol. The molecule has 0 fully saturated rings. The first-order chi connectivity index (χ1) is 16.8. The van der Waals surface area contributed by atoms with Gasteiger partial charge in [-0.15, -0.1) is 0 Å². The molecule has 2 aromatic carbocycles. The van der Waals surface area contributed by atoms with Crippen LogP contribution in [0.5, 0.6) is 0 Å². The van der Waals surface area contributed by atoms with Gasteiger partial charge >= 0.3 is 0 Å². The summed E-state index contributed by atoms with van der Waals surface area (Å²) in [5, 5.41) is 0. The summed E-state index contributed by atoms with van der Waals surface area (Å²) in [5.74, 6) is 0. The quantitative estimate of drug-likeness (QED) is 0.321. The third-order valence-electron chi connectivity index (χ3n) is 6.50. The normalized spacial score (nSPS) is 24.6. The van der Waals surface area contributed by atoms with E-state index in [2.05, 4.69) is 19.6 Å². The molecule has 0 aromatic heterocycles. The van der Waals surface area contributed by atoms with E-state index < -0.39 is 38.2 Å². The van der Waals surface area contributed by atoms with Crippen LogP contribution in [0.15, 0.2) is 82.6 Å². The Hall–Kier alpha value is -1.78. The van der Waals surface area contributed by atoms with Gasteiger partial charge in [0, 0.05) is 6.42 Å². The van der Waals surface area contributed by atoms with Gasteiger partial charge in [-0.2, -0.15) is 0 Å². The predicted molar refractivity (Wildman–Crippen MR) is 146 cm³/mol. The molecule has 0 saturated carbocycles. The molecule has 0 spiro atoms. The van der Waals surface area contributed by atoms with Crippen molar-refractivity contribution >= 4 is 28.0 Å². The van der Waals surface area contributed by atoms with Gasteiger partial charge in [0.1, 0.15) is 0 Å². The fraction of sp³-hybridized carbons (Fsp3) is 0.481. The summed E-state index contributed by atoms with van der Waals surface area (Å²) in [6, 6.07) is 15.8. The Kier molecular flexibility index (Phi) is 9.04. The molecular weight excluding hydrogens is 513 g/mol. The number of allylic oxidation sites excluding steroid dienone is 1. The summed E-state index contributed by atoms with van der Waals surface area (Å²) in [4.78, 5) is -0.0112. The maximum atomic E-state index is 14.3. The van der Waals surface area contributed by atoms with Crippen LogP contribution in [-0.2, 0) is 28.8 Å². The van der Waals surface area contributed by atoms with Gasteiger partial charge in [-0.05, 0) is 70.1 Å². The number of sulfone groups is 2. The Balaban J connectivity index is 2.27. The van der Waals surface area contributed by atoms with Crippen molar-refractivity contribution in [1.82, 2.24) is 0 Å². The van der Waals surface area contributed by atoms with Crippen molar-refractivity contribution in [2.45, 2.75) is 91.4 Å². The van der Waals surface area contributed by atoms with Crippen molar-refractivity contribution in [1.29, 1.82) is 0 Å². The monoisotopic (exact) mass is 550 g/mol. The van der Waals surface area contributed by atoms with E-state index in [-0.39, 0.29) is 41.3 Å². The Morgan fingerprint density at radius 1 is 0.917 bits per heavy atom. The van der Waals surface area contributed by atoms with Crippen LogP contribution in [0.1, 0.15) is 39.5 Å². The largest absolute Gasteiger partial charge is 0.412 e. The first-order valence-corrected chi connectivity index (χ1v) is 18.8. The first kappa shape index (κ1) is 28.8. The highest BCUT2D eigenvalue weighted by molar-refractivity contribution is 8.10. The van der Waals surface area contributed by atoms with Crippen LogP contribution in [0.25, 0.3) is 0 Å². The van der Waals surface area contributed by atoms with Gasteiger partial charge in [0.15, 0.2) is 32.1 Å². The number of hydrogen-bond donors (Lipinski definition) is 0. The van der Waals surface area contributed by atoms with Gasteiger partial charge in [-0.3, -0.25) is 0 Å². The maximum absolute atomic E-state index is 14.3. The molecular formula is C27H38O6S2Si. The van der Waals surface area contributed by atoms with Gasteiger partial charge in [-0.25, -0.2) is 16.8 Å². The Morgan fingerprint density at radius 3 is 1.86 bits per heavy atom.